The summed E-state index contributed by atoms with van der Waals surface area (Å²) in [6, 6.07) is 7.96. The number of ether oxygens (including phenoxy) is 1. The van der Waals surface area contributed by atoms with Crippen LogP contribution in [0.1, 0.15) is 40.0 Å². The van der Waals surface area contributed by atoms with E-state index < -0.39 is 0 Å². The second-order valence-electron chi connectivity index (χ2n) is 10.7. The molecule has 3 fully saturated rings. The summed E-state index contributed by atoms with van der Waals surface area (Å²) in [5, 5.41) is 0. The van der Waals surface area contributed by atoms with E-state index in [1.54, 1.807) is 9.47 Å². The van der Waals surface area contributed by atoms with Gasteiger partial charge >= 0.3 is 0 Å². The first-order valence-corrected chi connectivity index (χ1v) is 11.4. The number of aromatic nitrogens is 2. The maximum Gasteiger partial charge on any atom is 0.294 e. The number of benzene rings is 1. The van der Waals surface area contributed by atoms with Gasteiger partial charge in [-0.1, -0.05) is 32.9 Å². The van der Waals surface area contributed by atoms with Crippen molar-refractivity contribution in [2.75, 3.05) is 37.7 Å². The standard InChI is InChI=1S/C24H32N4O3/c1-23(2)12-17-13-24(3,15-23)16-28(17)21-22(30)27(19-7-5-4-6-18(19)25-21)14-20(29)26-8-10-31-11-9-26/h4-7,17H,8-16H2,1-3H3. The maximum atomic E-state index is 13.7. The van der Waals surface area contributed by atoms with Gasteiger partial charge in [-0.05, 0) is 42.2 Å². The molecule has 7 heteroatoms. The fourth-order valence-corrected chi connectivity index (χ4v) is 6.28. The minimum Gasteiger partial charge on any atom is -0.378 e. The molecule has 166 valence electrons. The molecule has 0 radical (unpaired) electrons. The average Bonchev–Trinajstić information content (AvgIpc) is 2.98. The van der Waals surface area contributed by atoms with Gasteiger partial charge in [0.25, 0.3) is 5.56 Å². The van der Waals surface area contributed by atoms with Gasteiger partial charge in [0.2, 0.25) is 5.91 Å². The third kappa shape index (κ3) is 3.73. The molecule has 31 heavy (non-hydrogen) atoms. The highest BCUT2D eigenvalue weighted by molar-refractivity contribution is 5.81. The Morgan fingerprint density at radius 1 is 1.16 bits per heavy atom. The Kier molecular flexibility index (Phi) is 4.84. The monoisotopic (exact) mass is 424 g/mol. The molecule has 7 nitrogen and oxygen atoms in total. The molecule has 2 bridgehead atoms. The number of fused-ring (bicyclic) bond motifs is 3. The molecule has 3 heterocycles. The SMILES string of the molecule is CC1(C)CC2CC(C)(CN2c2nc3ccccc3n(CC(=O)N3CCOCC3)c2=O)C1. The van der Waals surface area contributed by atoms with Crippen molar-refractivity contribution in [3.63, 3.8) is 0 Å². The van der Waals surface area contributed by atoms with Crippen LogP contribution in [-0.2, 0) is 16.1 Å². The Morgan fingerprint density at radius 3 is 2.68 bits per heavy atom. The van der Waals surface area contributed by atoms with Gasteiger partial charge in [-0.2, -0.15) is 0 Å². The fraction of sp³-hybridized carbons (Fsp3) is 0.625. The molecule has 1 saturated carbocycles. The lowest BCUT2D eigenvalue weighted by molar-refractivity contribution is -0.135. The third-order valence-electron chi connectivity index (χ3n) is 7.18. The zero-order chi connectivity index (χ0) is 21.8. The molecule has 1 aromatic carbocycles. The van der Waals surface area contributed by atoms with Gasteiger partial charge in [0.15, 0.2) is 5.82 Å². The van der Waals surface area contributed by atoms with Gasteiger partial charge < -0.3 is 14.5 Å². The fourth-order valence-electron chi connectivity index (χ4n) is 6.28. The predicted octanol–water partition coefficient (Wildman–Crippen LogP) is 2.66. The van der Waals surface area contributed by atoms with E-state index in [2.05, 4.69) is 25.7 Å². The maximum absolute atomic E-state index is 13.7. The molecular formula is C24H32N4O3. The lowest BCUT2D eigenvalue weighted by Gasteiger charge is -2.39. The van der Waals surface area contributed by atoms with Crippen molar-refractivity contribution in [2.24, 2.45) is 10.8 Å². The van der Waals surface area contributed by atoms with Crippen molar-refractivity contribution in [3.8, 4) is 0 Å². The largest absolute Gasteiger partial charge is 0.378 e. The van der Waals surface area contributed by atoms with E-state index in [0.717, 1.165) is 31.3 Å². The Labute approximate surface area is 183 Å². The number of morpholine rings is 1. The van der Waals surface area contributed by atoms with Crippen LogP contribution in [0.5, 0.6) is 0 Å². The first-order chi connectivity index (χ1) is 14.7. The lowest BCUT2D eigenvalue weighted by atomic mass is 9.65. The third-order valence-corrected chi connectivity index (χ3v) is 7.18. The van der Waals surface area contributed by atoms with Crippen molar-refractivity contribution in [2.45, 2.75) is 52.6 Å². The highest BCUT2D eigenvalue weighted by Crippen LogP contribution is 2.52. The van der Waals surface area contributed by atoms with Crippen LogP contribution in [0.4, 0.5) is 5.82 Å². The van der Waals surface area contributed by atoms with Crippen LogP contribution in [0, 0.1) is 10.8 Å². The van der Waals surface area contributed by atoms with Crippen LogP contribution in [0.3, 0.4) is 0 Å². The smallest absolute Gasteiger partial charge is 0.294 e. The molecule has 2 saturated heterocycles. The van der Waals surface area contributed by atoms with Crippen LogP contribution >= 0.6 is 0 Å². The molecule has 2 aromatic rings. The van der Waals surface area contributed by atoms with E-state index in [4.69, 9.17) is 9.72 Å². The summed E-state index contributed by atoms with van der Waals surface area (Å²) in [7, 11) is 0. The van der Waals surface area contributed by atoms with Gasteiger partial charge in [0.05, 0.1) is 24.2 Å². The van der Waals surface area contributed by atoms with Gasteiger partial charge in [-0.15, -0.1) is 0 Å². The van der Waals surface area contributed by atoms with Crippen molar-refractivity contribution in [3.05, 3.63) is 34.6 Å². The molecule has 5 rings (SSSR count). The summed E-state index contributed by atoms with van der Waals surface area (Å²) in [4.78, 5) is 35.5. The van der Waals surface area contributed by atoms with E-state index in [1.165, 1.54) is 0 Å². The Balaban J connectivity index is 1.55. The molecule has 2 unspecified atom stereocenters. The summed E-state index contributed by atoms with van der Waals surface area (Å²) >= 11 is 0. The van der Waals surface area contributed by atoms with Crippen molar-refractivity contribution in [1.82, 2.24) is 14.5 Å². The van der Waals surface area contributed by atoms with Crippen molar-refractivity contribution in [1.29, 1.82) is 0 Å². The van der Waals surface area contributed by atoms with Crippen LogP contribution in [0.2, 0.25) is 0 Å². The van der Waals surface area contributed by atoms with Crippen molar-refractivity contribution >= 4 is 22.8 Å². The van der Waals surface area contributed by atoms with Crippen LogP contribution < -0.4 is 10.5 Å². The summed E-state index contributed by atoms with van der Waals surface area (Å²) < 4.78 is 7.00. The van der Waals surface area contributed by atoms with Gasteiger partial charge in [0.1, 0.15) is 6.54 Å². The number of carbonyl (C=O) groups excluding carboxylic acids is 1. The predicted molar refractivity (Wildman–Crippen MR) is 120 cm³/mol. The Morgan fingerprint density at radius 2 is 1.90 bits per heavy atom. The molecule has 1 aliphatic carbocycles. The van der Waals surface area contributed by atoms with E-state index in [9.17, 15) is 9.59 Å². The van der Waals surface area contributed by atoms with E-state index >= 15 is 0 Å². The zero-order valence-electron chi connectivity index (χ0n) is 18.8. The molecule has 0 N–H and O–H groups in total. The number of nitrogens with zero attached hydrogens (tertiary/aromatic N) is 4. The molecular weight excluding hydrogens is 392 g/mol. The van der Waals surface area contributed by atoms with Crippen LogP contribution in [-0.4, -0.2) is 59.2 Å². The number of hydrogen-bond acceptors (Lipinski definition) is 5. The van der Waals surface area contributed by atoms with E-state index in [1.807, 2.05) is 24.3 Å². The summed E-state index contributed by atoms with van der Waals surface area (Å²) in [6.45, 7) is 10.1. The second kappa shape index (κ2) is 7.33. The number of anilines is 1. The number of rotatable bonds is 3. The quantitative estimate of drug-likeness (QED) is 0.758. The highest BCUT2D eigenvalue weighted by Gasteiger charge is 2.50. The molecule has 1 aromatic heterocycles. The van der Waals surface area contributed by atoms with Crippen molar-refractivity contribution < 1.29 is 9.53 Å². The summed E-state index contributed by atoms with van der Waals surface area (Å²) in [5.74, 6) is 0.459. The summed E-state index contributed by atoms with van der Waals surface area (Å²) in [6.07, 6.45) is 3.31. The van der Waals surface area contributed by atoms with Crippen LogP contribution in [0.25, 0.3) is 11.0 Å². The first kappa shape index (κ1) is 20.5. The number of amides is 1. The molecule has 2 aliphatic heterocycles. The molecule has 1 amide bonds. The minimum atomic E-state index is -0.158. The lowest BCUT2D eigenvalue weighted by Crippen LogP contribution is -2.44. The Bertz CT molecular complexity index is 1070. The summed E-state index contributed by atoms with van der Waals surface area (Å²) in [5.41, 5.74) is 1.77. The first-order valence-electron chi connectivity index (χ1n) is 11.4. The van der Waals surface area contributed by atoms with E-state index in [0.29, 0.717) is 43.7 Å². The zero-order valence-corrected chi connectivity index (χ0v) is 18.8. The highest BCUT2D eigenvalue weighted by atomic mass is 16.5. The Hall–Kier alpha value is -2.41. The number of hydrogen-bond donors (Lipinski definition) is 0. The molecule has 3 aliphatic rings. The van der Waals surface area contributed by atoms with Gasteiger partial charge in [0, 0.05) is 25.7 Å². The topological polar surface area (TPSA) is 67.7 Å². The van der Waals surface area contributed by atoms with Crippen LogP contribution in [0.15, 0.2) is 29.1 Å². The second-order valence-corrected chi connectivity index (χ2v) is 10.7. The number of carbonyl (C=O) groups is 1. The average molecular weight is 425 g/mol. The van der Waals surface area contributed by atoms with Gasteiger partial charge in [-0.3, -0.25) is 14.2 Å². The number of para-hydroxylation sites is 2. The molecule has 0 spiro atoms. The van der Waals surface area contributed by atoms with Gasteiger partial charge in [-0.25, -0.2) is 4.98 Å². The van der Waals surface area contributed by atoms with E-state index in [-0.39, 0.29) is 28.8 Å². The minimum absolute atomic E-state index is 0.0378. The molecule has 2 atom stereocenters. The normalized spacial score (nSPS) is 27.6.